The number of nitrogens with zero attached hydrogens (tertiary/aromatic N) is 6. The summed E-state index contributed by atoms with van der Waals surface area (Å²) in [6, 6.07) is 0. The van der Waals surface area contributed by atoms with E-state index in [0.717, 1.165) is 16.0 Å². The van der Waals surface area contributed by atoms with E-state index in [1.54, 1.807) is 0 Å². The maximum absolute atomic E-state index is 8.55. The summed E-state index contributed by atoms with van der Waals surface area (Å²) in [4.78, 5) is 25.6. The second kappa shape index (κ2) is 24.9. The fourth-order valence-corrected chi connectivity index (χ4v) is 0.0866. The number of hydrogen-bond acceptors (Lipinski definition) is 10. The third-order valence-electron chi connectivity index (χ3n) is 0.387. The fourth-order valence-electron chi connectivity index (χ4n) is 0.0866. The molecule has 0 heterocycles. The summed E-state index contributed by atoms with van der Waals surface area (Å²) in [7, 11) is -5.39. The largest absolute Gasteiger partial charge is 0.822 e. The summed E-state index contributed by atoms with van der Waals surface area (Å²) in [5.41, 5.74) is 0. The van der Waals surface area contributed by atoms with Crippen LogP contribution in [0.1, 0.15) is 0 Å². The summed E-state index contributed by atoms with van der Waals surface area (Å²) in [5, 5.41) is 47.8. The van der Waals surface area contributed by atoms with Crippen LogP contribution in [0.3, 0.4) is 0 Å². The van der Waals surface area contributed by atoms with Gasteiger partial charge >= 0.3 is 37.2 Å². The van der Waals surface area contributed by atoms with Crippen LogP contribution in [0.25, 0.3) is 0 Å². The number of nitriles is 6. The number of nitrogens with two attached hydrogens (primary N) is 3. The van der Waals surface area contributed by atoms with Gasteiger partial charge < -0.3 is 19.2 Å². The van der Waals surface area contributed by atoms with Crippen molar-refractivity contribution in [2.45, 2.75) is 0 Å². The molecule has 0 aromatic rings. The molecule has 0 saturated heterocycles. The predicted octanol–water partition coefficient (Wildman–Crippen LogP) is -7.29. The Morgan fingerprint density at radius 2 is 0.700 bits per heavy atom. The molecule has 0 aliphatic carbocycles. The Balaban J connectivity index is -0.0000000853. The molecule has 0 bridgehead atoms. The van der Waals surface area contributed by atoms with Gasteiger partial charge in [0, 0.05) is 0 Å². The van der Waals surface area contributed by atoms with Crippen LogP contribution in [-0.2, 0) is 4.57 Å². The molecule has 13 nitrogen and oxygen atoms in total. The first-order valence-electron chi connectivity index (χ1n) is 3.80. The zero-order chi connectivity index (χ0) is 16.9. The third kappa shape index (κ3) is 337. The number of quaternary nitrogens is 3. The van der Waals surface area contributed by atoms with Gasteiger partial charge in [-0.15, -0.1) is 47.5 Å². The second-order valence-electron chi connectivity index (χ2n) is 1.65. The van der Waals surface area contributed by atoms with E-state index < -0.39 is 7.82 Å². The Morgan fingerprint density at radius 3 is 0.700 bits per heavy atom. The van der Waals surface area contributed by atoms with Gasteiger partial charge in [0.05, 0.1) is 0 Å². The van der Waals surface area contributed by atoms with Gasteiger partial charge in [0.25, 0.3) is 0 Å². The van der Waals surface area contributed by atoms with E-state index >= 15 is 0 Å². The van der Waals surface area contributed by atoms with E-state index in [1.165, 1.54) is 37.2 Å². The first-order valence-corrected chi connectivity index (χ1v) is 5.26. The van der Waals surface area contributed by atoms with Crippen LogP contribution >= 0.6 is 7.82 Å². The lowest BCUT2D eigenvalue weighted by atomic mass is 11.2. The van der Waals surface area contributed by atoms with E-state index in [2.05, 4.69) is 0 Å². The van der Waals surface area contributed by atoms with Crippen LogP contribution in [0.15, 0.2) is 0 Å². The van der Waals surface area contributed by atoms with Crippen molar-refractivity contribution in [1.29, 1.82) is 31.6 Å². The van der Waals surface area contributed by atoms with Crippen molar-refractivity contribution in [3.63, 3.8) is 0 Å². The summed E-state index contributed by atoms with van der Waals surface area (Å²) >= 11 is 0. The van der Waals surface area contributed by atoms with Crippen molar-refractivity contribution < 1.29 is 35.2 Å². The molecule has 14 heteroatoms. The molecule has 0 aromatic carbocycles. The van der Waals surface area contributed by atoms with Crippen LogP contribution in [0.5, 0.6) is 0 Å². The monoisotopic (exact) mass is 299 g/mol. The lowest BCUT2D eigenvalue weighted by molar-refractivity contribution is -0.475. The normalized spacial score (nSPS) is 6.25. The van der Waals surface area contributed by atoms with Crippen LogP contribution in [0.2, 0.25) is 0 Å². The number of hydrogen-bond donors (Lipinski definition) is 3. The highest BCUT2D eigenvalue weighted by molar-refractivity contribution is 7.40. The first kappa shape index (κ1) is 25.7. The van der Waals surface area contributed by atoms with Gasteiger partial charge in [-0.1, -0.05) is 0 Å². The van der Waals surface area contributed by atoms with E-state index in [1.807, 2.05) is 0 Å². The maximum atomic E-state index is 8.55. The molecular formula is C6H6N9O4P. The molecule has 0 amide bonds. The highest BCUT2D eigenvalue weighted by Crippen LogP contribution is 2.03. The van der Waals surface area contributed by atoms with Crippen LogP contribution in [-0.4, -0.2) is 0 Å². The molecule has 0 unspecified atom stereocenters. The molecule has 104 valence electrons. The van der Waals surface area contributed by atoms with Gasteiger partial charge in [-0.05, 0) is 0 Å². The van der Waals surface area contributed by atoms with Gasteiger partial charge in [0.15, 0.2) is 0 Å². The highest BCUT2D eigenvalue weighted by atomic mass is 31.2. The van der Waals surface area contributed by atoms with Crippen LogP contribution in [0, 0.1) is 68.7 Å². The van der Waals surface area contributed by atoms with E-state index in [4.69, 9.17) is 50.8 Å². The molecule has 20 heavy (non-hydrogen) atoms. The Bertz CT molecular complexity index is 410. The van der Waals surface area contributed by atoms with Crippen molar-refractivity contribution in [2.75, 3.05) is 0 Å². The number of phosphoric acid groups is 1. The quantitative estimate of drug-likeness (QED) is 0.280. The SMILES string of the molecule is N#C[NH2+]C#N.N#C[NH2+]C#N.N#C[NH2+]C#N.O=P([O-])([O-])[O-]. The van der Waals surface area contributed by atoms with Crippen LogP contribution in [0.4, 0.5) is 0 Å². The number of rotatable bonds is 0. The minimum absolute atomic E-state index is 0.861. The zero-order valence-electron chi connectivity index (χ0n) is 9.50. The molecule has 0 spiro atoms. The molecule has 0 atom stereocenters. The van der Waals surface area contributed by atoms with Crippen molar-refractivity contribution in [3.05, 3.63) is 0 Å². The van der Waals surface area contributed by atoms with Crippen molar-refractivity contribution in [3.8, 4) is 37.2 Å². The van der Waals surface area contributed by atoms with Gasteiger partial charge in [0.1, 0.15) is 0 Å². The molecule has 0 saturated carbocycles. The average molecular weight is 299 g/mol. The zero-order valence-corrected chi connectivity index (χ0v) is 10.4. The Kier molecular flexibility index (Phi) is 32.1. The van der Waals surface area contributed by atoms with Crippen LogP contribution < -0.4 is 30.6 Å². The second-order valence-corrected chi connectivity index (χ2v) is 2.55. The highest BCUT2D eigenvalue weighted by Gasteiger charge is 1.64. The average Bonchev–Trinajstić information content (AvgIpc) is 2.31. The van der Waals surface area contributed by atoms with Crippen molar-refractivity contribution >= 4 is 7.82 Å². The molecule has 0 aliphatic heterocycles. The Morgan fingerprint density at radius 1 is 0.600 bits per heavy atom. The van der Waals surface area contributed by atoms with Crippen molar-refractivity contribution in [1.82, 2.24) is 0 Å². The molecule has 0 aromatic heterocycles. The van der Waals surface area contributed by atoms with Gasteiger partial charge in [-0.25, -0.2) is 0 Å². The first-order chi connectivity index (χ1) is 9.24. The van der Waals surface area contributed by atoms with E-state index in [-0.39, 0.29) is 0 Å². The molecule has 6 N–H and O–H groups in total. The van der Waals surface area contributed by atoms with Gasteiger partial charge in [0.2, 0.25) is 0 Å². The third-order valence-corrected chi connectivity index (χ3v) is 0.387. The van der Waals surface area contributed by atoms with Crippen molar-refractivity contribution in [2.24, 2.45) is 0 Å². The minimum Gasteiger partial charge on any atom is -0.822 e. The Hall–Kier alpha value is -3.07. The fraction of sp³-hybridized carbons (Fsp3) is 0. The van der Waals surface area contributed by atoms with Gasteiger partial charge in [-0.3, -0.25) is 0 Å². The summed E-state index contributed by atoms with van der Waals surface area (Å²) in [6.07, 6.45) is 9.19. The topological polar surface area (TPSA) is 279 Å². The smallest absolute Gasteiger partial charge is 0.321 e. The van der Waals surface area contributed by atoms with E-state index in [9.17, 15) is 0 Å². The predicted molar refractivity (Wildman–Crippen MR) is 47.1 cm³/mol. The summed E-state index contributed by atoms with van der Waals surface area (Å²) < 4.78 is 8.55. The lowest BCUT2D eigenvalue weighted by Gasteiger charge is -2.36. The molecule has 0 rings (SSSR count). The minimum atomic E-state index is -5.39. The molecule has 0 radical (unpaired) electrons. The Labute approximate surface area is 113 Å². The summed E-state index contributed by atoms with van der Waals surface area (Å²) in [6.45, 7) is 0. The molecular weight excluding hydrogens is 293 g/mol. The standard InChI is InChI=1S/3C2HN3.H3O4P/c3*3-1-5-2-4;1-5(2,3)4/h3*5H;(H3,1,2,3,4). The van der Waals surface area contributed by atoms with Gasteiger partial charge in [-0.2, -0.15) is 7.82 Å². The molecule has 0 fully saturated rings. The summed E-state index contributed by atoms with van der Waals surface area (Å²) in [5.74, 6) is 0. The van der Waals surface area contributed by atoms with E-state index in [0.29, 0.717) is 0 Å². The molecule has 0 aliphatic rings. The lowest BCUT2D eigenvalue weighted by Crippen LogP contribution is -2.72. The maximum Gasteiger partial charge on any atom is 0.321 e.